The molecule has 1 aromatic heterocycles. The van der Waals surface area contributed by atoms with Crippen molar-refractivity contribution >= 4 is 5.91 Å². The number of nitrogens with one attached hydrogen (secondary N) is 2. The summed E-state index contributed by atoms with van der Waals surface area (Å²) in [6, 6.07) is 7.94. The van der Waals surface area contributed by atoms with Crippen molar-refractivity contribution in [2.24, 2.45) is 0 Å². The van der Waals surface area contributed by atoms with Gasteiger partial charge in [0.15, 0.2) is 6.10 Å². The van der Waals surface area contributed by atoms with Crippen LogP contribution < -0.4 is 15.4 Å². The van der Waals surface area contributed by atoms with E-state index >= 15 is 0 Å². The van der Waals surface area contributed by atoms with Gasteiger partial charge in [0.1, 0.15) is 5.75 Å². The van der Waals surface area contributed by atoms with E-state index in [1.807, 2.05) is 31.3 Å². The second-order valence-electron chi connectivity index (χ2n) is 6.72. The molecular weight excluding hydrogens is 314 g/mol. The molecule has 1 aromatic carbocycles. The normalized spacial score (nSPS) is 18.7. The van der Waals surface area contributed by atoms with Crippen LogP contribution >= 0.6 is 0 Å². The van der Waals surface area contributed by atoms with Crippen LogP contribution in [0.15, 0.2) is 30.5 Å². The Balaban J connectivity index is 1.45. The first-order chi connectivity index (χ1) is 12.2. The van der Waals surface area contributed by atoms with Gasteiger partial charge >= 0.3 is 0 Å². The van der Waals surface area contributed by atoms with Crippen LogP contribution in [-0.4, -0.2) is 23.5 Å². The molecule has 0 spiro atoms. The third-order valence-corrected chi connectivity index (χ3v) is 5.12. The zero-order valence-electron chi connectivity index (χ0n) is 14.5. The maximum atomic E-state index is 12.6. The zero-order chi connectivity index (χ0) is 17.2. The summed E-state index contributed by atoms with van der Waals surface area (Å²) in [4.78, 5) is 17.1. The van der Waals surface area contributed by atoms with Crippen LogP contribution in [0.3, 0.4) is 0 Å². The molecule has 0 bridgehead atoms. The second-order valence-corrected chi connectivity index (χ2v) is 6.72. The van der Waals surface area contributed by atoms with Crippen molar-refractivity contribution in [2.75, 3.05) is 6.54 Å². The Morgan fingerprint density at radius 2 is 2.20 bits per heavy atom. The lowest BCUT2D eigenvalue weighted by Crippen LogP contribution is -2.40. The fraction of sp³-hybridized carbons (Fsp3) is 0.400. The van der Waals surface area contributed by atoms with Crippen molar-refractivity contribution in [1.82, 2.24) is 15.6 Å². The molecule has 2 aliphatic rings. The molecule has 2 aromatic rings. The summed E-state index contributed by atoms with van der Waals surface area (Å²) in [5.74, 6) is 0.787. The lowest BCUT2D eigenvalue weighted by molar-refractivity contribution is -0.128. The number of hydrogen-bond acceptors (Lipinski definition) is 4. The summed E-state index contributed by atoms with van der Waals surface area (Å²) in [7, 11) is 0. The van der Waals surface area contributed by atoms with Crippen LogP contribution in [0.1, 0.15) is 34.4 Å². The molecule has 2 N–H and O–H groups in total. The van der Waals surface area contributed by atoms with Crippen molar-refractivity contribution in [3.8, 4) is 5.75 Å². The van der Waals surface area contributed by atoms with Crippen LogP contribution in [0.5, 0.6) is 5.75 Å². The van der Waals surface area contributed by atoms with Gasteiger partial charge in [-0.1, -0.05) is 18.2 Å². The highest BCUT2D eigenvalue weighted by Crippen LogP contribution is 2.27. The molecule has 1 atom stereocenters. The zero-order valence-corrected chi connectivity index (χ0v) is 14.5. The Morgan fingerprint density at radius 1 is 1.32 bits per heavy atom. The van der Waals surface area contributed by atoms with E-state index < -0.39 is 6.10 Å². The molecule has 5 nitrogen and oxygen atoms in total. The Kier molecular flexibility index (Phi) is 4.40. The maximum Gasteiger partial charge on any atom is 0.261 e. The van der Waals surface area contributed by atoms with E-state index in [1.54, 1.807) is 0 Å². The van der Waals surface area contributed by atoms with Crippen molar-refractivity contribution in [2.45, 2.75) is 45.4 Å². The first kappa shape index (κ1) is 16.1. The highest BCUT2D eigenvalue weighted by molar-refractivity contribution is 5.81. The van der Waals surface area contributed by atoms with Gasteiger partial charge in [-0.15, -0.1) is 0 Å². The molecule has 0 fully saturated rings. The predicted octanol–water partition coefficient (Wildman–Crippen LogP) is 2.05. The molecule has 0 saturated heterocycles. The Hall–Kier alpha value is -2.40. The molecular formula is C20H23N3O2. The maximum absolute atomic E-state index is 12.6. The number of pyridine rings is 1. The minimum absolute atomic E-state index is 0.0413. The number of aryl methyl sites for hydroxylation is 2. The van der Waals surface area contributed by atoms with Gasteiger partial charge in [-0.2, -0.15) is 0 Å². The van der Waals surface area contributed by atoms with Gasteiger partial charge in [-0.3, -0.25) is 9.78 Å². The van der Waals surface area contributed by atoms with Crippen molar-refractivity contribution in [3.05, 3.63) is 58.4 Å². The first-order valence-electron chi connectivity index (χ1n) is 8.91. The Bertz CT molecular complexity index is 804. The van der Waals surface area contributed by atoms with E-state index in [1.165, 1.54) is 16.7 Å². The van der Waals surface area contributed by atoms with E-state index in [4.69, 9.17) is 4.74 Å². The fourth-order valence-electron chi connectivity index (χ4n) is 3.68. The van der Waals surface area contributed by atoms with Gasteiger partial charge in [0, 0.05) is 25.0 Å². The SMILES string of the molecule is Cc1ncc2c(c1CNC(=O)[C@H]1CCc3ccccc3O1)CCNC2. The number of nitrogens with zero attached hydrogens (tertiary/aromatic N) is 1. The molecule has 2 aliphatic heterocycles. The number of aromatic nitrogens is 1. The molecule has 25 heavy (non-hydrogen) atoms. The first-order valence-corrected chi connectivity index (χ1v) is 8.91. The van der Waals surface area contributed by atoms with Crippen LogP contribution in [0.2, 0.25) is 0 Å². The largest absolute Gasteiger partial charge is 0.480 e. The molecule has 3 heterocycles. The van der Waals surface area contributed by atoms with Gasteiger partial charge in [-0.05, 0) is 61.1 Å². The highest BCUT2D eigenvalue weighted by Gasteiger charge is 2.26. The number of ether oxygens (including phenoxy) is 1. The highest BCUT2D eigenvalue weighted by atomic mass is 16.5. The summed E-state index contributed by atoms with van der Waals surface area (Å²) in [5.41, 5.74) is 5.90. The average molecular weight is 337 g/mol. The number of rotatable bonds is 3. The van der Waals surface area contributed by atoms with Crippen LogP contribution in [0.4, 0.5) is 0 Å². The van der Waals surface area contributed by atoms with E-state index in [2.05, 4.69) is 21.7 Å². The van der Waals surface area contributed by atoms with Gasteiger partial charge in [0.25, 0.3) is 5.91 Å². The topological polar surface area (TPSA) is 63.2 Å². The monoisotopic (exact) mass is 337 g/mol. The quantitative estimate of drug-likeness (QED) is 0.900. The number of amides is 1. The smallest absolute Gasteiger partial charge is 0.261 e. The van der Waals surface area contributed by atoms with Crippen LogP contribution in [-0.2, 0) is 30.7 Å². The minimum Gasteiger partial charge on any atom is -0.480 e. The minimum atomic E-state index is -0.413. The Labute approximate surface area is 147 Å². The molecule has 0 aliphatic carbocycles. The standard InChI is InChI=1S/C20H23N3O2/c1-13-17(16-8-9-21-10-15(16)11-22-13)12-23-20(24)19-7-6-14-4-2-3-5-18(14)25-19/h2-5,11,19,21H,6-10,12H2,1H3,(H,23,24)/t19-/m1/s1. The van der Waals surface area contributed by atoms with E-state index in [9.17, 15) is 4.79 Å². The van der Waals surface area contributed by atoms with Crippen LogP contribution in [0.25, 0.3) is 0 Å². The third kappa shape index (κ3) is 3.24. The van der Waals surface area contributed by atoms with Crippen molar-refractivity contribution < 1.29 is 9.53 Å². The summed E-state index contributed by atoms with van der Waals surface area (Å²) in [5, 5.41) is 6.43. The van der Waals surface area contributed by atoms with Gasteiger partial charge in [0.05, 0.1) is 0 Å². The van der Waals surface area contributed by atoms with E-state index in [0.717, 1.165) is 49.4 Å². The van der Waals surface area contributed by atoms with Gasteiger partial charge in [-0.25, -0.2) is 0 Å². The summed E-state index contributed by atoms with van der Waals surface area (Å²) < 4.78 is 5.89. The molecule has 0 unspecified atom stereocenters. The lowest BCUT2D eigenvalue weighted by Gasteiger charge is -2.26. The summed E-state index contributed by atoms with van der Waals surface area (Å²) in [6.45, 7) is 4.35. The number of fused-ring (bicyclic) bond motifs is 2. The third-order valence-electron chi connectivity index (χ3n) is 5.12. The van der Waals surface area contributed by atoms with E-state index in [-0.39, 0.29) is 5.91 Å². The van der Waals surface area contributed by atoms with Gasteiger partial charge < -0.3 is 15.4 Å². The fourth-order valence-corrected chi connectivity index (χ4v) is 3.68. The molecule has 4 rings (SSSR count). The molecule has 5 heteroatoms. The number of carbonyl (C=O) groups is 1. The van der Waals surface area contributed by atoms with Gasteiger partial charge in [0.2, 0.25) is 0 Å². The number of para-hydroxylation sites is 1. The van der Waals surface area contributed by atoms with Crippen molar-refractivity contribution in [1.29, 1.82) is 0 Å². The molecule has 130 valence electrons. The molecule has 0 saturated carbocycles. The molecule has 0 radical (unpaired) electrons. The van der Waals surface area contributed by atoms with Crippen LogP contribution in [0, 0.1) is 6.92 Å². The number of carbonyl (C=O) groups excluding carboxylic acids is 1. The summed E-state index contributed by atoms with van der Waals surface area (Å²) in [6.07, 6.45) is 4.11. The summed E-state index contributed by atoms with van der Waals surface area (Å²) >= 11 is 0. The average Bonchev–Trinajstić information content (AvgIpc) is 2.66. The van der Waals surface area contributed by atoms with E-state index in [0.29, 0.717) is 6.54 Å². The Morgan fingerprint density at radius 3 is 3.12 bits per heavy atom. The predicted molar refractivity (Wildman–Crippen MR) is 95.4 cm³/mol. The molecule has 1 amide bonds. The van der Waals surface area contributed by atoms with Crippen molar-refractivity contribution in [3.63, 3.8) is 0 Å². The lowest BCUT2D eigenvalue weighted by atomic mass is 9.96. The number of hydrogen-bond donors (Lipinski definition) is 2. The second kappa shape index (κ2) is 6.84. The number of benzene rings is 1.